The van der Waals surface area contributed by atoms with E-state index in [4.69, 9.17) is 14.2 Å². The van der Waals surface area contributed by atoms with E-state index >= 15 is 0 Å². The highest BCUT2D eigenvalue weighted by molar-refractivity contribution is 5.73. The highest BCUT2D eigenvalue weighted by Crippen LogP contribution is 2.07. The van der Waals surface area contributed by atoms with Crippen molar-refractivity contribution in [3.63, 3.8) is 0 Å². The quantitative estimate of drug-likeness (QED) is 0.272. The van der Waals surface area contributed by atoms with Gasteiger partial charge in [0.25, 0.3) is 0 Å². The minimum absolute atomic E-state index is 0.0986. The summed E-state index contributed by atoms with van der Waals surface area (Å²) in [6, 6.07) is 0. The van der Waals surface area contributed by atoms with Crippen LogP contribution in [0.4, 0.5) is 0 Å². The van der Waals surface area contributed by atoms with Crippen LogP contribution in [0.2, 0.25) is 0 Å². The molecule has 1 atom stereocenters. The van der Waals surface area contributed by atoms with Crippen molar-refractivity contribution in [3.05, 3.63) is 0 Å². The number of rotatable bonds is 14. The average molecular weight is 344 g/mol. The molecule has 0 aromatic carbocycles. The van der Waals surface area contributed by atoms with E-state index in [1.165, 1.54) is 19.3 Å². The molecule has 0 bridgehead atoms. The number of ether oxygens (including phenoxy) is 3. The Morgan fingerprint density at radius 3 is 2.00 bits per heavy atom. The molecule has 6 nitrogen and oxygen atoms in total. The van der Waals surface area contributed by atoms with Crippen LogP contribution < -0.4 is 0 Å². The van der Waals surface area contributed by atoms with Gasteiger partial charge in [-0.2, -0.15) is 0 Å². The SMILES string of the molecule is CCCCCCCCOC(=O)CC(COC(=O)CC)OC(=O)CC. The summed E-state index contributed by atoms with van der Waals surface area (Å²) in [4.78, 5) is 34.4. The fraction of sp³-hybridized carbons (Fsp3) is 0.833. The molecule has 0 aliphatic rings. The molecule has 0 spiro atoms. The predicted molar refractivity (Wildman–Crippen MR) is 90.4 cm³/mol. The Hall–Kier alpha value is -1.59. The second kappa shape index (κ2) is 15.0. The predicted octanol–water partition coefficient (Wildman–Crippen LogP) is 3.56. The van der Waals surface area contributed by atoms with E-state index in [1.807, 2.05) is 0 Å². The van der Waals surface area contributed by atoms with E-state index in [0.717, 1.165) is 19.3 Å². The lowest BCUT2D eigenvalue weighted by molar-refractivity contribution is -0.163. The van der Waals surface area contributed by atoms with Gasteiger partial charge in [0.05, 0.1) is 13.0 Å². The lowest BCUT2D eigenvalue weighted by atomic mass is 10.1. The lowest BCUT2D eigenvalue weighted by Crippen LogP contribution is -2.28. The third-order valence-electron chi connectivity index (χ3n) is 3.46. The second-order valence-corrected chi connectivity index (χ2v) is 5.69. The van der Waals surface area contributed by atoms with E-state index in [9.17, 15) is 14.4 Å². The summed E-state index contributed by atoms with van der Waals surface area (Å²) in [5.74, 6) is -1.27. The minimum atomic E-state index is -0.787. The van der Waals surface area contributed by atoms with Gasteiger partial charge in [-0.3, -0.25) is 14.4 Å². The molecule has 24 heavy (non-hydrogen) atoms. The Balaban J connectivity index is 4.04. The summed E-state index contributed by atoms with van der Waals surface area (Å²) in [6.45, 7) is 5.75. The van der Waals surface area contributed by atoms with Crippen LogP contribution in [0.15, 0.2) is 0 Å². The molecule has 6 heteroatoms. The lowest BCUT2D eigenvalue weighted by Gasteiger charge is -2.17. The minimum Gasteiger partial charge on any atom is -0.466 e. The van der Waals surface area contributed by atoms with Gasteiger partial charge in [0.2, 0.25) is 0 Å². The molecule has 0 fully saturated rings. The highest BCUT2D eigenvalue weighted by atomic mass is 16.6. The molecule has 0 saturated heterocycles. The molecule has 0 amide bonds. The topological polar surface area (TPSA) is 78.9 Å². The van der Waals surface area contributed by atoms with Crippen molar-refractivity contribution in [3.8, 4) is 0 Å². The standard InChI is InChI=1S/C18H32O6/c1-4-7-8-9-10-11-12-22-18(21)13-15(24-17(20)6-3)14-23-16(19)5-2/h15H,4-14H2,1-3H3. The largest absolute Gasteiger partial charge is 0.466 e. The first-order chi connectivity index (χ1) is 11.5. The van der Waals surface area contributed by atoms with Gasteiger partial charge in [-0.05, 0) is 6.42 Å². The average Bonchev–Trinajstić information content (AvgIpc) is 2.58. The van der Waals surface area contributed by atoms with Gasteiger partial charge in [-0.15, -0.1) is 0 Å². The van der Waals surface area contributed by atoms with Gasteiger partial charge in [-0.25, -0.2) is 0 Å². The molecule has 0 aliphatic carbocycles. The summed E-state index contributed by atoms with van der Waals surface area (Å²) in [5, 5.41) is 0. The Kier molecular flexibility index (Phi) is 14.0. The van der Waals surface area contributed by atoms with Crippen LogP contribution in [0.5, 0.6) is 0 Å². The number of hydrogen-bond acceptors (Lipinski definition) is 6. The van der Waals surface area contributed by atoms with Crippen LogP contribution in [0.3, 0.4) is 0 Å². The maximum absolute atomic E-state index is 11.8. The van der Waals surface area contributed by atoms with Crippen molar-refractivity contribution >= 4 is 17.9 Å². The maximum Gasteiger partial charge on any atom is 0.309 e. The van der Waals surface area contributed by atoms with Gasteiger partial charge >= 0.3 is 17.9 Å². The van der Waals surface area contributed by atoms with E-state index < -0.39 is 24.0 Å². The van der Waals surface area contributed by atoms with Crippen molar-refractivity contribution in [2.24, 2.45) is 0 Å². The monoisotopic (exact) mass is 344 g/mol. The third-order valence-corrected chi connectivity index (χ3v) is 3.46. The molecular formula is C18H32O6. The smallest absolute Gasteiger partial charge is 0.309 e. The fourth-order valence-electron chi connectivity index (χ4n) is 2.01. The molecule has 0 N–H and O–H groups in total. The molecular weight excluding hydrogens is 312 g/mol. The van der Waals surface area contributed by atoms with Crippen LogP contribution in [0.1, 0.15) is 78.6 Å². The van der Waals surface area contributed by atoms with Crippen molar-refractivity contribution in [1.82, 2.24) is 0 Å². The molecule has 0 heterocycles. The maximum atomic E-state index is 11.8. The van der Waals surface area contributed by atoms with Crippen LogP contribution in [0, 0.1) is 0 Å². The number of esters is 3. The normalized spacial score (nSPS) is 11.6. The van der Waals surface area contributed by atoms with Gasteiger partial charge in [0.1, 0.15) is 12.7 Å². The molecule has 0 saturated carbocycles. The van der Waals surface area contributed by atoms with Crippen molar-refractivity contribution in [1.29, 1.82) is 0 Å². The molecule has 0 rings (SSSR count). The fourth-order valence-corrected chi connectivity index (χ4v) is 2.01. The zero-order chi connectivity index (χ0) is 18.2. The van der Waals surface area contributed by atoms with E-state index in [0.29, 0.717) is 6.61 Å². The van der Waals surface area contributed by atoms with Gasteiger partial charge in [0.15, 0.2) is 0 Å². The Morgan fingerprint density at radius 2 is 1.38 bits per heavy atom. The summed E-state index contributed by atoms with van der Waals surface area (Å²) in [7, 11) is 0. The van der Waals surface area contributed by atoms with E-state index in [-0.39, 0.29) is 25.9 Å². The highest BCUT2D eigenvalue weighted by Gasteiger charge is 2.20. The molecule has 0 aromatic heterocycles. The first-order valence-corrected chi connectivity index (χ1v) is 9.04. The van der Waals surface area contributed by atoms with Crippen LogP contribution >= 0.6 is 0 Å². The first-order valence-electron chi connectivity index (χ1n) is 9.04. The van der Waals surface area contributed by atoms with Crippen molar-refractivity contribution in [2.45, 2.75) is 84.7 Å². The molecule has 0 radical (unpaired) electrons. The molecule has 0 aromatic rings. The van der Waals surface area contributed by atoms with Crippen LogP contribution in [-0.4, -0.2) is 37.2 Å². The molecule has 140 valence electrons. The summed E-state index contributed by atoms with van der Waals surface area (Å²) in [5.41, 5.74) is 0. The zero-order valence-electron chi connectivity index (χ0n) is 15.3. The van der Waals surface area contributed by atoms with Crippen LogP contribution in [0.25, 0.3) is 0 Å². The zero-order valence-corrected chi connectivity index (χ0v) is 15.3. The number of carbonyl (C=O) groups is 3. The Morgan fingerprint density at radius 1 is 0.750 bits per heavy atom. The second-order valence-electron chi connectivity index (χ2n) is 5.69. The van der Waals surface area contributed by atoms with Crippen LogP contribution in [-0.2, 0) is 28.6 Å². The number of hydrogen-bond donors (Lipinski definition) is 0. The van der Waals surface area contributed by atoms with E-state index in [2.05, 4.69) is 6.92 Å². The van der Waals surface area contributed by atoms with Gasteiger partial charge in [0, 0.05) is 12.8 Å². The van der Waals surface area contributed by atoms with Crippen molar-refractivity contribution in [2.75, 3.05) is 13.2 Å². The van der Waals surface area contributed by atoms with Gasteiger partial charge in [-0.1, -0.05) is 52.9 Å². The summed E-state index contributed by atoms with van der Waals surface area (Å²) >= 11 is 0. The van der Waals surface area contributed by atoms with Gasteiger partial charge < -0.3 is 14.2 Å². The first kappa shape index (κ1) is 22.4. The Labute approximate surface area is 145 Å². The number of unbranched alkanes of at least 4 members (excludes halogenated alkanes) is 5. The summed E-state index contributed by atoms with van der Waals surface area (Å²) in [6.07, 6.45) is 6.22. The third kappa shape index (κ3) is 12.9. The molecule has 1 unspecified atom stereocenters. The van der Waals surface area contributed by atoms with E-state index in [1.54, 1.807) is 13.8 Å². The molecule has 0 aliphatic heterocycles. The number of carbonyl (C=O) groups excluding carboxylic acids is 3. The van der Waals surface area contributed by atoms with Crippen molar-refractivity contribution < 1.29 is 28.6 Å². The Bertz CT molecular complexity index is 367. The summed E-state index contributed by atoms with van der Waals surface area (Å²) < 4.78 is 15.2.